The van der Waals surface area contributed by atoms with Crippen LogP contribution in [0.25, 0.3) is 0 Å². The van der Waals surface area contributed by atoms with Crippen molar-refractivity contribution >= 4 is 29.6 Å². The summed E-state index contributed by atoms with van der Waals surface area (Å²) in [5.74, 6) is -2.69. The van der Waals surface area contributed by atoms with Gasteiger partial charge in [-0.1, -0.05) is 51.1 Å². The monoisotopic (exact) mass is 602 g/mol. The summed E-state index contributed by atoms with van der Waals surface area (Å²) in [5, 5.41) is 17.6. The molecule has 1 unspecified atom stereocenters. The molecule has 0 aliphatic carbocycles. The fraction of sp³-hybridized carbons (Fsp3) is 0.645. The fourth-order valence-electron chi connectivity index (χ4n) is 5.35. The number of nitrogens with zero attached hydrogens (tertiary/aromatic N) is 1. The molecule has 43 heavy (non-hydrogen) atoms. The van der Waals surface area contributed by atoms with Gasteiger partial charge in [-0.25, -0.2) is 0 Å². The number of carboxylic acids is 1. The number of carboxylic acid groups (broad SMARTS) is 1. The van der Waals surface area contributed by atoms with E-state index < -0.39 is 47.7 Å². The summed E-state index contributed by atoms with van der Waals surface area (Å²) in [6.07, 6.45) is 3.38. The number of piperidine rings is 1. The molecular formula is C31H50N6O6. The Labute approximate surface area is 254 Å². The molecular weight excluding hydrogens is 552 g/mol. The summed E-state index contributed by atoms with van der Waals surface area (Å²) in [4.78, 5) is 65.6. The average Bonchev–Trinajstić information content (AvgIpc) is 2.98. The minimum Gasteiger partial charge on any atom is -0.481 e. The standard InChI is InChI=1S/C31H50N6O6/c1-20(2)16-25(36-29(40)26(34-27(38)19-33)18-22-8-5-4-6-9-22)28(39)35-24(10-7-13-32)30(41)37-14-11-23(12-15-37)17-21(3)31(42)43/h4-6,8-9,20-21,23-26H,7,10-19,32-33H2,1-3H3,(H,34,38)(H,35,39)(H,36,40)(H,42,43)/t21?,24-,25-,26-/m1/s1. The van der Waals surface area contributed by atoms with Gasteiger partial charge in [0, 0.05) is 19.5 Å². The highest BCUT2D eigenvalue weighted by Gasteiger charge is 2.33. The van der Waals surface area contributed by atoms with Crippen LogP contribution in [-0.2, 0) is 30.4 Å². The Balaban J connectivity index is 2.13. The summed E-state index contributed by atoms with van der Waals surface area (Å²) in [7, 11) is 0. The van der Waals surface area contributed by atoms with Gasteiger partial charge in [-0.15, -0.1) is 0 Å². The molecule has 1 aliphatic heterocycles. The van der Waals surface area contributed by atoms with Crippen LogP contribution in [0.1, 0.15) is 64.9 Å². The van der Waals surface area contributed by atoms with Crippen molar-refractivity contribution in [2.24, 2.45) is 29.2 Å². The number of hydrogen-bond acceptors (Lipinski definition) is 7. The molecule has 2 rings (SSSR count). The Kier molecular flexibility index (Phi) is 15.1. The third kappa shape index (κ3) is 12.3. The predicted octanol–water partition coefficient (Wildman–Crippen LogP) is 0.777. The van der Waals surface area contributed by atoms with E-state index in [1.165, 1.54) is 0 Å². The molecule has 12 nitrogen and oxygen atoms in total. The Morgan fingerprint density at radius 3 is 2.07 bits per heavy atom. The Hall–Kier alpha value is -3.51. The van der Waals surface area contributed by atoms with Crippen LogP contribution in [0.3, 0.4) is 0 Å². The Bertz CT molecular complexity index is 1060. The average molecular weight is 603 g/mol. The number of hydrogen-bond donors (Lipinski definition) is 6. The van der Waals surface area contributed by atoms with Gasteiger partial charge in [-0.05, 0) is 62.5 Å². The number of aliphatic carboxylic acids is 1. The molecule has 0 aromatic heterocycles. The van der Waals surface area contributed by atoms with Crippen LogP contribution in [-0.4, -0.2) is 83.9 Å². The van der Waals surface area contributed by atoms with E-state index in [1.54, 1.807) is 11.8 Å². The van der Waals surface area contributed by atoms with Gasteiger partial charge < -0.3 is 37.4 Å². The third-order valence-corrected chi connectivity index (χ3v) is 7.81. The number of benzene rings is 1. The molecule has 8 N–H and O–H groups in total. The summed E-state index contributed by atoms with van der Waals surface area (Å²) in [5.41, 5.74) is 12.0. The van der Waals surface area contributed by atoms with Crippen LogP contribution in [0.15, 0.2) is 30.3 Å². The van der Waals surface area contributed by atoms with Crippen LogP contribution in [0.5, 0.6) is 0 Å². The SMILES string of the molecule is CC(C)C[C@@H](NC(=O)[C@@H](Cc1ccccc1)NC(=O)CN)C(=O)N[C@H](CCCN)C(=O)N1CCC(CC(C)C(=O)O)CC1. The third-order valence-electron chi connectivity index (χ3n) is 7.81. The van der Waals surface area contributed by atoms with E-state index >= 15 is 0 Å². The largest absolute Gasteiger partial charge is 0.481 e. The number of amides is 4. The Morgan fingerprint density at radius 1 is 0.907 bits per heavy atom. The molecule has 1 fully saturated rings. The van der Waals surface area contributed by atoms with Gasteiger partial charge in [-0.3, -0.25) is 24.0 Å². The predicted molar refractivity (Wildman–Crippen MR) is 163 cm³/mol. The van der Waals surface area contributed by atoms with Crippen LogP contribution in [0.4, 0.5) is 0 Å². The van der Waals surface area contributed by atoms with E-state index in [-0.39, 0.29) is 30.7 Å². The molecule has 0 saturated carbocycles. The second-order valence-electron chi connectivity index (χ2n) is 11.9. The van der Waals surface area contributed by atoms with Gasteiger partial charge in [0.05, 0.1) is 12.5 Å². The summed E-state index contributed by atoms with van der Waals surface area (Å²) < 4.78 is 0. The van der Waals surface area contributed by atoms with Crippen LogP contribution in [0.2, 0.25) is 0 Å². The molecule has 1 aromatic rings. The van der Waals surface area contributed by atoms with E-state index in [2.05, 4.69) is 16.0 Å². The zero-order valence-corrected chi connectivity index (χ0v) is 25.7. The van der Waals surface area contributed by atoms with Crippen molar-refractivity contribution < 1.29 is 29.1 Å². The lowest BCUT2D eigenvalue weighted by atomic mass is 9.87. The zero-order valence-electron chi connectivity index (χ0n) is 25.7. The van der Waals surface area contributed by atoms with Crippen LogP contribution < -0.4 is 27.4 Å². The maximum Gasteiger partial charge on any atom is 0.306 e. The molecule has 12 heteroatoms. The number of carbonyl (C=O) groups excluding carboxylic acids is 4. The molecule has 4 amide bonds. The molecule has 0 radical (unpaired) electrons. The van der Waals surface area contributed by atoms with Gasteiger partial charge in [0.25, 0.3) is 0 Å². The molecule has 240 valence electrons. The van der Waals surface area contributed by atoms with E-state index in [9.17, 15) is 29.1 Å². The second kappa shape index (κ2) is 18.2. The molecule has 4 atom stereocenters. The molecule has 1 saturated heterocycles. The van der Waals surface area contributed by atoms with Crippen molar-refractivity contribution in [3.05, 3.63) is 35.9 Å². The summed E-state index contributed by atoms with van der Waals surface area (Å²) in [6, 6.07) is 6.52. The minimum atomic E-state index is -0.944. The second-order valence-corrected chi connectivity index (χ2v) is 11.9. The molecule has 0 spiro atoms. The highest BCUT2D eigenvalue weighted by Crippen LogP contribution is 2.25. The quantitative estimate of drug-likeness (QED) is 0.150. The zero-order chi connectivity index (χ0) is 31.9. The van der Waals surface area contributed by atoms with Crippen LogP contribution in [0, 0.1) is 17.8 Å². The van der Waals surface area contributed by atoms with E-state index in [0.29, 0.717) is 58.2 Å². The van der Waals surface area contributed by atoms with Crippen molar-refractivity contribution in [2.45, 2.75) is 83.8 Å². The first-order chi connectivity index (χ1) is 20.4. The first kappa shape index (κ1) is 35.7. The van der Waals surface area contributed by atoms with Crippen LogP contribution >= 0.6 is 0 Å². The van der Waals surface area contributed by atoms with Crippen molar-refractivity contribution in [3.8, 4) is 0 Å². The van der Waals surface area contributed by atoms with Gasteiger partial charge in [0.15, 0.2) is 0 Å². The highest BCUT2D eigenvalue weighted by atomic mass is 16.4. The first-order valence-corrected chi connectivity index (χ1v) is 15.3. The lowest BCUT2D eigenvalue weighted by molar-refractivity contribution is -0.142. The first-order valence-electron chi connectivity index (χ1n) is 15.3. The summed E-state index contributed by atoms with van der Waals surface area (Å²) in [6.45, 7) is 6.59. The van der Waals surface area contributed by atoms with E-state index in [1.807, 2.05) is 44.2 Å². The number of carbonyl (C=O) groups is 5. The maximum atomic E-state index is 13.6. The Morgan fingerprint density at radius 2 is 1.51 bits per heavy atom. The number of rotatable bonds is 17. The van der Waals surface area contributed by atoms with Crippen molar-refractivity contribution in [2.75, 3.05) is 26.2 Å². The van der Waals surface area contributed by atoms with Gasteiger partial charge in [0.1, 0.15) is 18.1 Å². The number of nitrogens with two attached hydrogens (primary N) is 2. The lowest BCUT2D eigenvalue weighted by Gasteiger charge is -2.35. The smallest absolute Gasteiger partial charge is 0.306 e. The molecule has 1 heterocycles. The topological polar surface area (TPSA) is 197 Å². The normalized spacial score (nSPS) is 16.6. The van der Waals surface area contributed by atoms with Crippen molar-refractivity contribution in [1.82, 2.24) is 20.9 Å². The van der Waals surface area contributed by atoms with Crippen molar-refractivity contribution in [3.63, 3.8) is 0 Å². The van der Waals surface area contributed by atoms with Crippen molar-refractivity contribution in [1.29, 1.82) is 0 Å². The number of nitrogens with one attached hydrogen (secondary N) is 3. The van der Waals surface area contributed by atoms with Gasteiger partial charge in [-0.2, -0.15) is 0 Å². The van der Waals surface area contributed by atoms with Gasteiger partial charge >= 0.3 is 5.97 Å². The summed E-state index contributed by atoms with van der Waals surface area (Å²) >= 11 is 0. The molecule has 1 aliphatic rings. The van der Waals surface area contributed by atoms with E-state index in [4.69, 9.17) is 11.5 Å². The maximum absolute atomic E-state index is 13.6. The lowest BCUT2D eigenvalue weighted by Crippen LogP contribution is -2.58. The molecule has 1 aromatic carbocycles. The van der Waals surface area contributed by atoms with E-state index in [0.717, 1.165) is 5.56 Å². The minimum absolute atomic E-state index is 0.0488. The number of likely N-dealkylation sites (tertiary alicyclic amines) is 1. The highest BCUT2D eigenvalue weighted by molar-refractivity contribution is 5.94. The fourth-order valence-corrected chi connectivity index (χ4v) is 5.35. The van der Waals surface area contributed by atoms with Gasteiger partial charge in [0.2, 0.25) is 23.6 Å². The molecule has 0 bridgehead atoms.